The average Bonchev–Trinajstić information content (AvgIpc) is 3.26. The van der Waals surface area contributed by atoms with Crippen molar-refractivity contribution < 1.29 is 4.79 Å². The van der Waals surface area contributed by atoms with Gasteiger partial charge < -0.3 is 9.88 Å². The maximum atomic E-state index is 12.6. The molecule has 0 fully saturated rings. The normalized spacial score (nSPS) is 11.2. The Bertz CT molecular complexity index is 1210. The van der Waals surface area contributed by atoms with E-state index in [1.165, 1.54) is 0 Å². The molecule has 4 rings (SSSR count). The van der Waals surface area contributed by atoms with Gasteiger partial charge in [0.2, 0.25) is 5.91 Å². The van der Waals surface area contributed by atoms with Crippen molar-refractivity contribution in [1.29, 1.82) is 0 Å². The Morgan fingerprint density at radius 2 is 2.00 bits per heavy atom. The Balaban J connectivity index is 1.47. The van der Waals surface area contributed by atoms with Crippen LogP contribution in [0.25, 0.3) is 17.0 Å². The molecule has 0 saturated carbocycles. The van der Waals surface area contributed by atoms with Gasteiger partial charge in [-0.2, -0.15) is 5.10 Å². The summed E-state index contributed by atoms with van der Waals surface area (Å²) in [5.74, 6) is 0.705. The molecule has 0 saturated heterocycles. The van der Waals surface area contributed by atoms with E-state index in [0.717, 1.165) is 45.4 Å². The number of aromatic nitrogens is 6. The smallest absolute Gasteiger partial charge is 0.224 e. The first-order chi connectivity index (χ1) is 13.9. The Morgan fingerprint density at radius 1 is 1.17 bits per heavy atom. The van der Waals surface area contributed by atoms with Crippen LogP contribution in [0.5, 0.6) is 0 Å². The van der Waals surface area contributed by atoms with Crippen molar-refractivity contribution in [2.24, 2.45) is 7.05 Å². The van der Waals surface area contributed by atoms with E-state index in [2.05, 4.69) is 25.6 Å². The van der Waals surface area contributed by atoms with Crippen molar-refractivity contribution in [3.05, 3.63) is 59.3 Å². The van der Waals surface area contributed by atoms with E-state index in [9.17, 15) is 4.79 Å². The number of aryl methyl sites for hydroxylation is 4. The zero-order valence-corrected chi connectivity index (χ0v) is 17.0. The van der Waals surface area contributed by atoms with Crippen LogP contribution in [0.2, 0.25) is 0 Å². The maximum absolute atomic E-state index is 12.6. The molecule has 0 unspecified atom stereocenters. The number of nitrogens with one attached hydrogen (secondary N) is 1. The molecule has 29 heavy (non-hydrogen) atoms. The summed E-state index contributed by atoms with van der Waals surface area (Å²) in [7, 11) is 1.89. The highest BCUT2D eigenvalue weighted by molar-refractivity contribution is 5.91. The molecule has 148 valence electrons. The van der Waals surface area contributed by atoms with Gasteiger partial charge in [-0.05, 0) is 44.9 Å². The van der Waals surface area contributed by atoms with Crippen LogP contribution in [0.1, 0.15) is 29.1 Å². The Kier molecular flexibility index (Phi) is 4.84. The first-order valence-electron chi connectivity index (χ1n) is 9.49. The van der Waals surface area contributed by atoms with Gasteiger partial charge in [0.1, 0.15) is 6.33 Å². The first-order valence-corrected chi connectivity index (χ1v) is 9.49. The average molecular weight is 389 g/mol. The third kappa shape index (κ3) is 3.73. The van der Waals surface area contributed by atoms with Gasteiger partial charge >= 0.3 is 0 Å². The second-order valence-corrected chi connectivity index (χ2v) is 7.21. The van der Waals surface area contributed by atoms with Crippen LogP contribution < -0.4 is 5.32 Å². The van der Waals surface area contributed by atoms with E-state index in [1.807, 2.05) is 67.2 Å². The highest BCUT2D eigenvalue weighted by Gasteiger charge is 2.13. The van der Waals surface area contributed by atoms with Gasteiger partial charge in [-0.15, -0.1) is 10.2 Å². The standard InChI is InChI=1S/C21H23N7O/c1-13-10-19-23-14(2)18(15(3)28(19)26-13)8-9-20(29)24-17-7-5-6-16(11-17)21-25-22-12-27(21)4/h5-7,10-12H,8-9H2,1-4H3,(H,24,29). The predicted octanol–water partition coefficient (Wildman–Crippen LogP) is 3.02. The van der Waals surface area contributed by atoms with Crippen molar-refractivity contribution in [1.82, 2.24) is 29.4 Å². The van der Waals surface area contributed by atoms with Crippen LogP contribution in [0.15, 0.2) is 36.7 Å². The summed E-state index contributed by atoms with van der Waals surface area (Å²) >= 11 is 0. The largest absolute Gasteiger partial charge is 0.326 e. The fourth-order valence-corrected chi connectivity index (χ4v) is 3.55. The predicted molar refractivity (Wildman–Crippen MR) is 111 cm³/mol. The van der Waals surface area contributed by atoms with Crippen LogP contribution in [-0.4, -0.2) is 35.3 Å². The fraction of sp³-hybridized carbons (Fsp3) is 0.286. The van der Waals surface area contributed by atoms with Crippen LogP contribution >= 0.6 is 0 Å². The summed E-state index contributed by atoms with van der Waals surface area (Å²) in [6, 6.07) is 9.57. The molecule has 0 aliphatic heterocycles. The summed E-state index contributed by atoms with van der Waals surface area (Å²) in [4.78, 5) is 17.2. The van der Waals surface area contributed by atoms with Gasteiger partial charge in [-0.1, -0.05) is 12.1 Å². The number of rotatable bonds is 5. The van der Waals surface area contributed by atoms with Gasteiger partial charge in [0.05, 0.1) is 5.69 Å². The number of hydrogen-bond donors (Lipinski definition) is 1. The van der Waals surface area contributed by atoms with Crippen LogP contribution in [0, 0.1) is 20.8 Å². The number of amides is 1. The summed E-state index contributed by atoms with van der Waals surface area (Å²) < 4.78 is 3.69. The minimum absolute atomic E-state index is 0.0457. The van der Waals surface area contributed by atoms with Crippen LogP contribution in [-0.2, 0) is 18.3 Å². The molecule has 0 atom stereocenters. The summed E-state index contributed by atoms with van der Waals surface area (Å²) in [6.07, 6.45) is 2.62. The molecule has 8 heteroatoms. The molecular formula is C21H23N7O. The van der Waals surface area contributed by atoms with Gasteiger partial charge in [-0.25, -0.2) is 9.50 Å². The lowest BCUT2D eigenvalue weighted by Crippen LogP contribution is -2.14. The van der Waals surface area contributed by atoms with Crippen molar-refractivity contribution in [2.45, 2.75) is 33.6 Å². The molecule has 1 aromatic carbocycles. The van der Waals surface area contributed by atoms with Gasteiger partial charge in [0, 0.05) is 42.2 Å². The molecule has 0 aliphatic rings. The fourth-order valence-electron chi connectivity index (χ4n) is 3.55. The Morgan fingerprint density at radius 3 is 2.76 bits per heavy atom. The molecule has 8 nitrogen and oxygen atoms in total. The lowest BCUT2D eigenvalue weighted by Gasteiger charge is -2.11. The quantitative estimate of drug-likeness (QED) is 0.567. The van der Waals surface area contributed by atoms with E-state index in [1.54, 1.807) is 6.33 Å². The van der Waals surface area contributed by atoms with Crippen molar-refractivity contribution >= 4 is 17.2 Å². The number of anilines is 1. The molecule has 0 radical (unpaired) electrons. The molecule has 3 aromatic heterocycles. The topological polar surface area (TPSA) is 90.0 Å². The molecule has 4 aromatic rings. The number of nitrogens with zero attached hydrogens (tertiary/aromatic N) is 6. The van der Waals surface area contributed by atoms with Crippen LogP contribution in [0.4, 0.5) is 5.69 Å². The molecule has 3 heterocycles. The summed E-state index contributed by atoms with van der Waals surface area (Å²) in [6.45, 7) is 5.95. The Hall–Kier alpha value is -3.55. The third-order valence-electron chi connectivity index (χ3n) is 5.00. The minimum Gasteiger partial charge on any atom is -0.326 e. The van der Waals surface area contributed by atoms with E-state index in [0.29, 0.717) is 12.8 Å². The molecule has 1 amide bonds. The highest BCUT2D eigenvalue weighted by atomic mass is 16.1. The SMILES string of the molecule is Cc1cc2nc(C)c(CCC(=O)Nc3cccc(-c4nncn4C)c3)c(C)n2n1. The molecule has 0 spiro atoms. The zero-order valence-electron chi connectivity index (χ0n) is 17.0. The minimum atomic E-state index is -0.0457. The molecular weight excluding hydrogens is 366 g/mol. The van der Waals surface area contributed by atoms with Crippen molar-refractivity contribution in [3.8, 4) is 11.4 Å². The van der Waals surface area contributed by atoms with Crippen LogP contribution in [0.3, 0.4) is 0 Å². The molecule has 0 bridgehead atoms. The van der Waals surface area contributed by atoms with E-state index in [4.69, 9.17) is 0 Å². The first kappa shape index (κ1) is 18.8. The second kappa shape index (κ2) is 7.46. The van der Waals surface area contributed by atoms with E-state index < -0.39 is 0 Å². The van der Waals surface area contributed by atoms with E-state index >= 15 is 0 Å². The lowest BCUT2D eigenvalue weighted by molar-refractivity contribution is -0.116. The molecule has 1 N–H and O–H groups in total. The summed E-state index contributed by atoms with van der Waals surface area (Å²) in [5, 5.41) is 15.5. The molecule has 0 aliphatic carbocycles. The van der Waals surface area contributed by atoms with Gasteiger partial charge in [0.25, 0.3) is 0 Å². The number of carbonyl (C=O) groups excluding carboxylic acids is 1. The zero-order chi connectivity index (χ0) is 20.5. The van der Waals surface area contributed by atoms with Crippen molar-refractivity contribution in [2.75, 3.05) is 5.32 Å². The van der Waals surface area contributed by atoms with Gasteiger partial charge in [-0.3, -0.25) is 4.79 Å². The Labute approximate surface area is 168 Å². The number of carbonyl (C=O) groups is 1. The number of hydrogen-bond acceptors (Lipinski definition) is 5. The monoisotopic (exact) mass is 389 g/mol. The second-order valence-electron chi connectivity index (χ2n) is 7.21. The lowest BCUT2D eigenvalue weighted by atomic mass is 10.1. The van der Waals surface area contributed by atoms with Crippen molar-refractivity contribution in [3.63, 3.8) is 0 Å². The number of fused-ring (bicyclic) bond motifs is 1. The highest BCUT2D eigenvalue weighted by Crippen LogP contribution is 2.21. The van der Waals surface area contributed by atoms with E-state index in [-0.39, 0.29) is 5.91 Å². The van der Waals surface area contributed by atoms with Gasteiger partial charge in [0.15, 0.2) is 11.5 Å². The number of benzene rings is 1. The third-order valence-corrected chi connectivity index (χ3v) is 5.00. The summed E-state index contributed by atoms with van der Waals surface area (Å²) in [5.41, 5.74) is 6.43. The maximum Gasteiger partial charge on any atom is 0.224 e.